The molecule has 1 N–H and O–H groups in total. The molecule has 0 atom stereocenters. The second kappa shape index (κ2) is 4.75. The highest BCUT2D eigenvalue weighted by Gasteiger charge is 2.15. The molecule has 94 valence electrons. The van der Waals surface area contributed by atoms with Crippen LogP contribution in [0.4, 0.5) is 0 Å². The Morgan fingerprint density at radius 1 is 1.50 bits per heavy atom. The molecule has 0 radical (unpaired) electrons. The Bertz CT molecular complexity index is 669. The molecule has 5 nitrogen and oxygen atoms in total. The third-order valence-electron chi connectivity index (χ3n) is 2.45. The number of aromatic nitrogens is 3. The summed E-state index contributed by atoms with van der Waals surface area (Å²) in [4.78, 5) is 9.88. The van der Waals surface area contributed by atoms with Crippen LogP contribution in [-0.4, -0.2) is 21.4 Å². The molecule has 0 saturated heterocycles. The van der Waals surface area contributed by atoms with Gasteiger partial charge in [0, 0.05) is 18.1 Å². The fraction of sp³-hybridized carbons (Fsp3) is 0.273. The minimum absolute atomic E-state index is 0.635. The van der Waals surface area contributed by atoms with E-state index in [1.54, 1.807) is 17.6 Å². The van der Waals surface area contributed by atoms with Crippen LogP contribution in [0, 0.1) is 6.92 Å². The topological polar surface area (TPSA) is 55.4 Å². The summed E-state index contributed by atoms with van der Waals surface area (Å²) in [6.45, 7) is 2.67. The van der Waals surface area contributed by atoms with Gasteiger partial charge in [0.05, 0.1) is 11.4 Å². The molecule has 3 aromatic heterocycles. The Kier molecular flexibility index (Phi) is 3.11. The SMILES string of the molecule is CNCc1c(Sc2nc(C)co2)nc2sccn12. The molecule has 0 aliphatic heterocycles. The highest BCUT2D eigenvalue weighted by atomic mass is 32.2. The summed E-state index contributed by atoms with van der Waals surface area (Å²) in [5.41, 5.74) is 2.02. The van der Waals surface area contributed by atoms with Gasteiger partial charge in [-0.05, 0) is 25.7 Å². The van der Waals surface area contributed by atoms with Crippen molar-refractivity contribution < 1.29 is 4.42 Å². The predicted octanol–water partition coefficient (Wildman–Crippen LogP) is 2.56. The number of nitrogens with one attached hydrogen (secondary N) is 1. The molecule has 3 aromatic rings. The van der Waals surface area contributed by atoms with Crippen LogP contribution in [-0.2, 0) is 6.54 Å². The standard InChI is InChI=1S/C11H12N4OS2/c1-7-6-16-11(13-7)18-9-8(5-12-2)15-3-4-17-10(15)14-9/h3-4,6,12H,5H2,1-2H3. The number of hydrogen-bond donors (Lipinski definition) is 1. The lowest BCUT2D eigenvalue weighted by Crippen LogP contribution is -2.08. The molecule has 0 aliphatic rings. The highest BCUT2D eigenvalue weighted by molar-refractivity contribution is 7.99. The largest absolute Gasteiger partial charge is 0.439 e. The van der Waals surface area contributed by atoms with E-state index < -0.39 is 0 Å². The smallest absolute Gasteiger partial charge is 0.262 e. The van der Waals surface area contributed by atoms with Gasteiger partial charge in [0.25, 0.3) is 5.22 Å². The van der Waals surface area contributed by atoms with Crippen molar-refractivity contribution in [1.82, 2.24) is 19.7 Å². The van der Waals surface area contributed by atoms with E-state index in [9.17, 15) is 0 Å². The Morgan fingerprint density at radius 2 is 2.39 bits per heavy atom. The van der Waals surface area contributed by atoms with Crippen LogP contribution in [0.15, 0.2) is 32.5 Å². The van der Waals surface area contributed by atoms with Gasteiger partial charge in [-0.1, -0.05) is 0 Å². The van der Waals surface area contributed by atoms with Crippen molar-refractivity contribution in [3.8, 4) is 0 Å². The van der Waals surface area contributed by atoms with Gasteiger partial charge in [-0.15, -0.1) is 11.3 Å². The average molecular weight is 280 g/mol. The Morgan fingerprint density at radius 3 is 3.11 bits per heavy atom. The van der Waals surface area contributed by atoms with E-state index in [-0.39, 0.29) is 0 Å². The van der Waals surface area contributed by atoms with Gasteiger partial charge in [-0.3, -0.25) is 4.40 Å². The average Bonchev–Trinajstić information content (AvgIpc) is 3.00. The number of imidazole rings is 1. The molecule has 0 aliphatic carbocycles. The maximum Gasteiger partial charge on any atom is 0.262 e. The molecule has 0 saturated carbocycles. The summed E-state index contributed by atoms with van der Waals surface area (Å²) in [5.74, 6) is 0. The maximum atomic E-state index is 5.36. The molecule has 7 heteroatoms. The molecule has 0 spiro atoms. The Hall–Kier alpha value is -1.31. The molecular formula is C11H12N4OS2. The van der Waals surface area contributed by atoms with Crippen molar-refractivity contribution in [2.75, 3.05) is 7.05 Å². The minimum atomic E-state index is 0.635. The second-order valence-electron chi connectivity index (χ2n) is 3.81. The first-order valence-corrected chi connectivity index (χ1v) is 7.16. The zero-order valence-corrected chi connectivity index (χ0v) is 11.6. The summed E-state index contributed by atoms with van der Waals surface area (Å²) >= 11 is 3.09. The van der Waals surface area contributed by atoms with Crippen molar-refractivity contribution in [3.63, 3.8) is 0 Å². The third-order valence-corrected chi connectivity index (χ3v) is 4.09. The van der Waals surface area contributed by atoms with Gasteiger partial charge in [-0.25, -0.2) is 9.97 Å². The first kappa shape index (κ1) is 11.8. The normalized spacial score (nSPS) is 11.4. The van der Waals surface area contributed by atoms with Crippen molar-refractivity contribution >= 4 is 28.1 Å². The number of nitrogens with zero attached hydrogens (tertiary/aromatic N) is 3. The van der Waals surface area contributed by atoms with E-state index in [1.807, 2.05) is 25.5 Å². The Labute approximate surface area is 112 Å². The fourth-order valence-corrected chi connectivity index (χ4v) is 3.35. The lowest BCUT2D eigenvalue weighted by Gasteiger charge is -2.00. The van der Waals surface area contributed by atoms with Crippen LogP contribution >= 0.6 is 23.1 Å². The van der Waals surface area contributed by atoms with E-state index in [1.165, 1.54) is 11.8 Å². The van der Waals surface area contributed by atoms with Gasteiger partial charge in [0.15, 0.2) is 4.96 Å². The summed E-state index contributed by atoms with van der Waals surface area (Å²) < 4.78 is 7.46. The van der Waals surface area contributed by atoms with Crippen LogP contribution in [0.25, 0.3) is 4.96 Å². The van der Waals surface area contributed by atoms with Crippen molar-refractivity contribution in [1.29, 1.82) is 0 Å². The summed E-state index contributed by atoms with van der Waals surface area (Å²) in [6, 6.07) is 0. The van der Waals surface area contributed by atoms with Gasteiger partial charge in [0.1, 0.15) is 11.3 Å². The Balaban J connectivity index is 1.99. The molecular weight excluding hydrogens is 268 g/mol. The first-order valence-electron chi connectivity index (χ1n) is 5.47. The number of oxazole rings is 1. The van der Waals surface area contributed by atoms with Crippen molar-refractivity contribution in [3.05, 3.63) is 29.2 Å². The third kappa shape index (κ3) is 2.05. The van der Waals surface area contributed by atoms with Crippen molar-refractivity contribution in [2.24, 2.45) is 0 Å². The first-order chi connectivity index (χ1) is 8.78. The molecule has 0 bridgehead atoms. The van der Waals surface area contributed by atoms with E-state index in [0.29, 0.717) is 5.22 Å². The van der Waals surface area contributed by atoms with Crippen LogP contribution in [0.5, 0.6) is 0 Å². The lowest BCUT2D eigenvalue weighted by molar-refractivity contribution is 0.453. The van der Waals surface area contributed by atoms with Crippen LogP contribution in [0.2, 0.25) is 0 Å². The summed E-state index contributed by atoms with van der Waals surface area (Å²) in [6.07, 6.45) is 3.68. The van der Waals surface area contributed by atoms with Gasteiger partial charge >= 0.3 is 0 Å². The van der Waals surface area contributed by atoms with E-state index in [2.05, 4.69) is 19.7 Å². The molecule has 3 rings (SSSR count). The quantitative estimate of drug-likeness (QED) is 0.796. The zero-order chi connectivity index (χ0) is 12.5. The molecule has 0 aromatic carbocycles. The molecule has 0 amide bonds. The minimum Gasteiger partial charge on any atom is -0.439 e. The number of aryl methyl sites for hydroxylation is 1. The van der Waals surface area contributed by atoms with Gasteiger partial charge < -0.3 is 9.73 Å². The molecule has 0 unspecified atom stereocenters. The molecule has 3 heterocycles. The fourth-order valence-electron chi connectivity index (χ4n) is 1.68. The van der Waals surface area contributed by atoms with Crippen LogP contribution in [0.3, 0.4) is 0 Å². The molecule has 18 heavy (non-hydrogen) atoms. The monoisotopic (exact) mass is 280 g/mol. The second-order valence-corrected chi connectivity index (χ2v) is 5.62. The summed E-state index contributed by atoms with van der Waals surface area (Å²) in [5, 5.41) is 6.77. The number of rotatable bonds is 4. The van der Waals surface area contributed by atoms with Crippen LogP contribution in [0.1, 0.15) is 11.4 Å². The highest BCUT2D eigenvalue weighted by Crippen LogP contribution is 2.31. The van der Waals surface area contributed by atoms with E-state index in [4.69, 9.17) is 4.42 Å². The molecule has 0 fully saturated rings. The zero-order valence-electron chi connectivity index (χ0n) is 10.0. The van der Waals surface area contributed by atoms with Gasteiger partial charge in [-0.2, -0.15) is 0 Å². The van der Waals surface area contributed by atoms with Crippen LogP contribution < -0.4 is 5.32 Å². The summed E-state index contributed by atoms with van der Waals surface area (Å²) in [7, 11) is 1.93. The number of hydrogen-bond acceptors (Lipinski definition) is 6. The number of fused-ring (bicyclic) bond motifs is 1. The number of thiazole rings is 1. The van der Waals surface area contributed by atoms with E-state index >= 15 is 0 Å². The van der Waals surface area contributed by atoms with E-state index in [0.717, 1.165) is 27.9 Å². The van der Waals surface area contributed by atoms with Crippen molar-refractivity contribution in [2.45, 2.75) is 23.7 Å². The van der Waals surface area contributed by atoms with Gasteiger partial charge in [0.2, 0.25) is 0 Å². The predicted molar refractivity (Wildman–Crippen MR) is 71.2 cm³/mol. The maximum absolute atomic E-state index is 5.36. The lowest BCUT2D eigenvalue weighted by atomic mass is 10.5.